The van der Waals surface area contributed by atoms with Crippen LogP contribution in [-0.2, 0) is 4.74 Å². The lowest BCUT2D eigenvalue weighted by Gasteiger charge is -2.38. The maximum absolute atomic E-state index is 12.1. The number of ether oxygens (including phenoxy) is 3. The summed E-state index contributed by atoms with van der Waals surface area (Å²) >= 11 is 0. The maximum Gasteiger partial charge on any atom is 0.410 e. The van der Waals surface area contributed by atoms with E-state index in [4.69, 9.17) is 14.2 Å². The molecule has 1 N–H and O–H groups in total. The van der Waals surface area contributed by atoms with E-state index in [2.05, 4.69) is 11.8 Å². The summed E-state index contributed by atoms with van der Waals surface area (Å²) in [5.41, 5.74) is -0.347. The Bertz CT molecular complexity index is 652. The number of aliphatic hydroxyl groups is 1. The summed E-state index contributed by atoms with van der Waals surface area (Å²) in [5, 5.41) is 10.4. The highest BCUT2D eigenvalue weighted by atomic mass is 35.5. The third-order valence-corrected chi connectivity index (χ3v) is 5.56. The normalized spacial score (nSPS) is 19.6. The van der Waals surface area contributed by atoms with Crippen LogP contribution in [0.25, 0.3) is 0 Å². The molecule has 0 aromatic heterocycles. The van der Waals surface area contributed by atoms with Gasteiger partial charge in [0.2, 0.25) is 0 Å². The van der Waals surface area contributed by atoms with E-state index in [-0.39, 0.29) is 30.7 Å². The number of piperidine rings is 1. The number of aliphatic hydroxyl groups excluding tert-OH is 1. The number of amides is 1. The van der Waals surface area contributed by atoms with E-state index in [9.17, 15) is 9.90 Å². The van der Waals surface area contributed by atoms with Crippen LogP contribution in [-0.4, -0.2) is 79.1 Å². The van der Waals surface area contributed by atoms with Crippen LogP contribution in [0.15, 0.2) is 24.3 Å². The molecule has 1 aromatic rings. The van der Waals surface area contributed by atoms with Crippen molar-refractivity contribution in [3.63, 3.8) is 0 Å². The fraction of sp³-hybridized carbons (Fsp3) is 0.667. The first-order valence-electron chi connectivity index (χ1n) is 10.2. The van der Waals surface area contributed by atoms with Crippen LogP contribution in [0.5, 0.6) is 11.5 Å². The number of halogens is 1. The standard InChI is InChI=1S/C21H32N2O5.ClH/c1-3-4-11-23-16-21(28-20(23)25)9-12-22(13-10-21)14-17(24)15-27-19-8-6-5-7-18(19)26-2;/h5-8,17,24H,3-4,9-16H2,1-2H3;1H. The van der Waals surface area contributed by atoms with Crippen molar-refractivity contribution in [1.29, 1.82) is 0 Å². The summed E-state index contributed by atoms with van der Waals surface area (Å²) in [6, 6.07) is 7.42. The average molecular weight is 429 g/mol. The Hall–Kier alpha value is -1.70. The molecule has 1 unspecified atom stereocenters. The summed E-state index contributed by atoms with van der Waals surface area (Å²) in [6.07, 6.45) is 2.93. The van der Waals surface area contributed by atoms with Crippen molar-refractivity contribution in [2.45, 2.75) is 44.3 Å². The zero-order chi connectivity index (χ0) is 20.0. The number of para-hydroxylation sites is 2. The minimum atomic E-state index is -0.592. The fourth-order valence-electron chi connectivity index (χ4n) is 3.89. The van der Waals surface area contributed by atoms with Gasteiger partial charge in [-0.05, 0) is 18.6 Å². The monoisotopic (exact) mass is 428 g/mol. The Morgan fingerprint density at radius 1 is 1.24 bits per heavy atom. The highest BCUT2D eigenvalue weighted by molar-refractivity contribution is 5.85. The van der Waals surface area contributed by atoms with Crippen LogP contribution >= 0.6 is 12.4 Å². The van der Waals surface area contributed by atoms with Gasteiger partial charge in [0.05, 0.1) is 13.7 Å². The molecule has 3 rings (SSSR count). The molecular formula is C21H33ClN2O5. The lowest BCUT2D eigenvalue weighted by Crippen LogP contribution is -2.49. The quantitative estimate of drug-likeness (QED) is 0.652. The van der Waals surface area contributed by atoms with Gasteiger partial charge < -0.3 is 29.1 Å². The van der Waals surface area contributed by atoms with E-state index in [1.165, 1.54) is 0 Å². The van der Waals surface area contributed by atoms with Gasteiger partial charge in [-0.2, -0.15) is 0 Å². The van der Waals surface area contributed by atoms with Gasteiger partial charge in [0.15, 0.2) is 11.5 Å². The highest BCUT2D eigenvalue weighted by Crippen LogP contribution is 2.33. The van der Waals surface area contributed by atoms with E-state index < -0.39 is 6.10 Å². The first-order chi connectivity index (χ1) is 13.5. The molecule has 1 amide bonds. The van der Waals surface area contributed by atoms with Crippen LogP contribution in [0.1, 0.15) is 32.6 Å². The smallest absolute Gasteiger partial charge is 0.410 e. The number of benzene rings is 1. The number of unbranched alkanes of at least 4 members (excludes halogenated alkanes) is 1. The SMILES string of the molecule is CCCCN1CC2(CCN(CC(O)COc3ccccc3OC)CC2)OC1=O.Cl. The van der Waals surface area contributed by atoms with E-state index >= 15 is 0 Å². The van der Waals surface area contributed by atoms with Crippen molar-refractivity contribution in [1.82, 2.24) is 9.80 Å². The second-order valence-corrected chi connectivity index (χ2v) is 7.74. The molecule has 1 spiro atoms. The number of rotatable bonds is 9. The minimum Gasteiger partial charge on any atom is -0.493 e. The first-order valence-corrected chi connectivity index (χ1v) is 10.2. The number of methoxy groups -OCH3 is 1. The molecule has 0 aliphatic carbocycles. The first kappa shape index (κ1) is 23.6. The summed E-state index contributed by atoms with van der Waals surface area (Å²) in [5.74, 6) is 1.29. The van der Waals surface area contributed by atoms with Crippen molar-refractivity contribution in [2.24, 2.45) is 0 Å². The van der Waals surface area contributed by atoms with Gasteiger partial charge in [-0.3, -0.25) is 0 Å². The molecular weight excluding hydrogens is 396 g/mol. The molecule has 1 aromatic carbocycles. The Morgan fingerprint density at radius 3 is 2.59 bits per heavy atom. The Kier molecular flexibility index (Phi) is 8.86. The molecule has 2 fully saturated rings. The van der Waals surface area contributed by atoms with Gasteiger partial charge in [0.1, 0.15) is 18.3 Å². The summed E-state index contributed by atoms with van der Waals surface area (Å²) in [4.78, 5) is 16.2. The molecule has 2 heterocycles. The zero-order valence-corrected chi connectivity index (χ0v) is 18.2. The molecule has 0 bridgehead atoms. The molecule has 29 heavy (non-hydrogen) atoms. The van der Waals surface area contributed by atoms with Crippen LogP contribution < -0.4 is 9.47 Å². The number of carbonyl (C=O) groups is 1. The zero-order valence-electron chi connectivity index (χ0n) is 17.3. The number of nitrogens with zero attached hydrogens (tertiary/aromatic N) is 2. The molecule has 164 valence electrons. The average Bonchev–Trinajstić information content (AvgIpc) is 3.02. The predicted molar refractivity (Wildman–Crippen MR) is 113 cm³/mol. The highest BCUT2D eigenvalue weighted by Gasteiger charge is 2.46. The Labute approximate surface area is 179 Å². The summed E-state index contributed by atoms with van der Waals surface area (Å²) in [6.45, 7) is 5.96. The Balaban J connectivity index is 0.00000300. The van der Waals surface area contributed by atoms with E-state index in [0.717, 1.165) is 45.3 Å². The van der Waals surface area contributed by atoms with Crippen LogP contribution in [0.3, 0.4) is 0 Å². The third-order valence-electron chi connectivity index (χ3n) is 5.56. The van der Waals surface area contributed by atoms with Gasteiger partial charge in [-0.15, -0.1) is 12.4 Å². The number of hydrogen-bond acceptors (Lipinski definition) is 6. The van der Waals surface area contributed by atoms with Gasteiger partial charge in [-0.25, -0.2) is 4.79 Å². The van der Waals surface area contributed by atoms with Crippen molar-refractivity contribution in [3.05, 3.63) is 24.3 Å². The minimum absolute atomic E-state index is 0. The molecule has 2 aliphatic heterocycles. The number of β-amino-alcohol motifs (C(OH)–C–C–N with tert-alkyl or cyclic N) is 1. The fourth-order valence-corrected chi connectivity index (χ4v) is 3.89. The summed E-state index contributed by atoms with van der Waals surface area (Å²) < 4.78 is 16.7. The van der Waals surface area contributed by atoms with Gasteiger partial charge in [-0.1, -0.05) is 25.5 Å². The molecule has 1 atom stereocenters. The predicted octanol–water partition coefficient (Wildman–Crippen LogP) is 2.94. The second-order valence-electron chi connectivity index (χ2n) is 7.74. The number of carbonyl (C=O) groups excluding carboxylic acids is 1. The van der Waals surface area contributed by atoms with E-state index in [1.807, 2.05) is 29.2 Å². The van der Waals surface area contributed by atoms with Gasteiger partial charge in [0, 0.05) is 39.0 Å². The largest absolute Gasteiger partial charge is 0.493 e. The summed E-state index contributed by atoms with van der Waals surface area (Å²) in [7, 11) is 1.60. The maximum atomic E-state index is 12.1. The van der Waals surface area contributed by atoms with Crippen molar-refractivity contribution in [2.75, 3.05) is 46.4 Å². The molecule has 0 radical (unpaired) electrons. The molecule has 7 nitrogen and oxygen atoms in total. The molecule has 2 aliphatic rings. The lowest BCUT2D eigenvalue weighted by molar-refractivity contribution is -0.0145. The van der Waals surface area contributed by atoms with E-state index in [0.29, 0.717) is 24.6 Å². The Morgan fingerprint density at radius 2 is 1.93 bits per heavy atom. The van der Waals surface area contributed by atoms with Crippen LogP contribution in [0.2, 0.25) is 0 Å². The van der Waals surface area contributed by atoms with Gasteiger partial charge in [0.25, 0.3) is 0 Å². The van der Waals surface area contributed by atoms with Crippen molar-refractivity contribution >= 4 is 18.5 Å². The number of likely N-dealkylation sites (tertiary alicyclic amines) is 1. The molecule has 8 heteroatoms. The van der Waals surface area contributed by atoms with E-state index in [1.54, 1.807) is 7.11 Å². The van der Waals surface area contributed by atoms with Crippen LogP contribution in [0.4, 0.5) is 4.79 Å². The lowest BCUT2D eigenvalue weighted by atomic mass is 9.91. The second kappa shape index (κ2) is 10.9. The van der Waals surface area contributed by atoms with Crippen LogP contribution in [0, 0.1) is 0 Å². The third kappa shape index (κ3) is 6.14. The van der Waals surface area contributed by atoms with Crippen molar-refractivity contribution in [3.8, 4) is 11.5 Å². The van der Waals surface area contributed by atoms with Crippen molar-refractivity contribution < 1.29 is 24.1 Å². The van der Waals surface area contributed by atoms with Gasteiger partial charge >= 0.3 is 6.09 Å². The number of hydrogen-bond donors (Lipinski definition) is 1. The topological polar surface area (TPSA) is 71.5 Å². The molecule has 2 saturated heterocycles. The molecule has 0 saturated carbocycles.